The lowest BCUT2D eigenvalue weighted by Gasteiger charge is -2.07. The molecule has 0 atom stereocenters. The molecule has 0 amide bonds. The van der Waals surface area contributed by atoms with Gasteiger partial charge in [0, 0.05) is 5.56 Å². The Morgan fingerprint density at radius 2 is 1.94 bits per heavy atom. The number of anilines is 1. The van der Waals surface area contributed by atoms with Gasteiger partial charge in [0.25, 0.3) is 0 Å². The monoisotopic (exact) mass is 214 g/mol. The predicted octanol–water partition coefficient (Wildman–Crippen LogP) is 1.99. The lowest BCUT2D eigenvalue weighted by atomic mass is 10.1. The summed E-state index contributed by atoms with van der Waals surface area (Å²) in [5.41, 5.74) is 5.64. The highest BCUT2D eigenvalue weighted by atomic mass is 15.3. The number of hydrogen-bond donors (Lipinski definition) is 2. The number of nitrogens with two attached hydrogens (primary N) is 1. The van der Waals surface area contributed by atoms with Crippen molar-refractivity contribution in [1.29, 1.82) is 0 Å². The van der Waals surface area contributed by atoms with Gasteiger partial charge in [0.15, 0.2) is 5.82 Å². The molecule has 0 fully saturated rings. The SMILES string of the molecule is CCc1cc(NN)nnc1-c1ccccc1. The molecule has 4 nitrogen and oxygen atoms in total. The van der Waals surface area contributed by atoms with Gasteiger partial charge in [-0.25, -0.2) is 5.84 Å². The van der Waals surface area contributed by atoms with Crippen molar-refractivity contribution < 1.29 is 0 Å². The van der Waals surface area contributed by atoms with E-state index >= 15 is 0 Å². The first-order valence-electron chi connectivity index (χ1n) is 5.23. The van der Waals surface area contributed by atoms with Gasteiger partial charge in [-0.3, -0.25) is 0 Å². The van der Waals surface area contributed by atoms with Gasteiger partial charge >= 0.3 is 0 Å². The Kier molecular flexibility index (Phi) is 3.12. The Morgan fingerprint density at radius 1 is 1.19 bits per heavy atom. The first kappa shape index (κ1) is 10.6. The Hall–Kier alpha value is -1.94. The number of nitrogens with zero attached hydrogens (tertiary/aromatic N) is 2. The molecule has 0 saturated carbocycles. The third kappa shape index (κ3) is 2.01. The van der Waals surface area contributed by atoms with E-state index in [1.165, 1.54) is 0 Å². The maximum atomic E-state index is 5.31. The smallest absolute Gasteiger partial charge is 0.162 e. The minimum atomic E-state index is 0.594. The third-order valence-corrected chi connectivity index (χ3v) is 2.45. The van der Waals surface area contributed by atoms with Crippen LogP contribution in [0, 0.1) is 0 Å². The first-order chi connectivity index (χ1) is 7.85. The average molecular weight is 214 g/mol. The molecule has 2 aromatic rings. The van der Waals surface area contributed by atoms with Crippen LogP contribution < -0.4 is 11.3 Å². The van der Waals surface area contributed by atoms with E-state index in [-0.39, 0.29) is 0 Å². The summed E-state index contributed by atoms with van der Waals surface area (Å²) in [4.78, 5) is 0. The zero-order valence-electron chi connectivity index (χ0n) is 9.14. The van der Waals surface area contributed by atoms with Crippen LogP contribution in [0.3, 0.4) is 0 Å². The van der Waals surface area contributed by atoms with Gasteiger partial charge in [0.1, 0.15) is 0 Å². The molecule has 1 aromatic heterocycles. The fraction of sp³-hybridized carbons (Fsp3) is 0.167. The number of benzene rings is 1. The maximum absolute atomic E-state index is 5.31. The van der Waals surface area contributed by atoms with E-state index < -0.39 is 0 Å². The Labute approximate surface area is 94.5 Å². The zero-order chi connectivity index (χ0) is 11.4. The molecular formula is C12H14N4. The van der Waals surface area contributed by atoms with Crippen molar-refractivity contribution in [2.24, 2.45) is 5.84 Å². The summed E-state index contributed by atoms with van der Waals surface area (Å²) in [5.74, 6) is 5.90. The highest BCUT2D eigenvalue weighted by Crippen LogP contribution is 2.22. The van der Waals surface area contributed by atoms with E-state index in [4.69, 9.17) is 5.84 Å². The van der Waals surface area contributed by atoms with E-state index in [0.29, 0.717) is 5.82 Å². The van der Waals surface area contributed by atoms with Crippen LogP contribution in [0.15, 0.2) is 36.4 Å². The number of nitrogen functional groups attached to an aromatic ring is 1. The molecule has 1 heterocycles. The van der Waals surface area contributed by atoms with Crippen molar-refractivity contribution in [3.8, 4) is 11.3 Å². The normalized spacial score (nSPS) is 10.1. The Morgan fingerprint density at radius 3 is 2.56 bits per heavy atom. The molecule has 1 aromatic carbocycles. The van der Waals surface area contributed by atoms with Crippen molar-refractivity contribution >= 4 is 5.82 Å². The topological polar surface area (TPSA) is 63.8 Å². The highest BCUT2D eigenvalue weighted by molar-refractivity contribution is 5.63. The van der Waals surface area contributed by atoms with Crippen molar-refractivity contribution in [3.05, 3.63) is 42.0 Å². The fourth-order valence-corrected chi connectivity index (χ4v) is 1.61. The first-order valence-corrected chi connectivity index (χ1v) is 5.23. The van der Waals surface area contributed by atoms with Gasteiger partial charge in [-0.05, 0) is 18.1 Å². The summed E-state index contributed by atoms with van der Waals surface area (Å²) >= 11 is 0. The largest absolute Gasteiger partial charge is 0.307 e. The number of hydrazine groups is 1. The fourth-order valence-electron chi connectivity index (χ4n) is 1.61. The van der Waals surface area contributed by atoms with Gasteiger partial charge < -0.3 is 5.43 Å². The standard InChI is InChI=1S/C12H14N4/c1-2-9-8-11(14-13)15-16-12(9)10-6-4-3-5-7-10/h3-8H,2,13H2,1H3,(H,14,15). The second-order valence-electron chi connectivity index (χ2n) is 3.47. The van der Waals surface area contributed by atoms with E-state index in [9.17, 15) is 0 Å². The molecule has 4 heteroatoms. The molecule has 0 radical (unpaired) electrons. The van der Waals surface area contributed by atoms with Crippen molar-refractivity contribution in [3.63, 3.8) is 0 Å². The second kappa shape index (κ2) is 4.72. The molecule has 0 unspecified atom stereocenters. The molecule has 0 bridgehead atoms. The lowest BCUT2D eigenvalue weighted by molar-refractivity contribution is 0.985. The van der Waals surface area contributed by atoms with Crippen molar-refractivity contribution in [2.45, 2.75) is 13.3 Å². The number of aromatic nitrogens is 2. The number of rotatable bonds is 3. The molecule has 82 valence electrons. The molecule has 0 aliphatic heterocycles. The zero-order valence-corrected chi connectivity index (χ0v) is 9.14. The van der Waals surface area contributed by atoms with E-state index in [2.05, 4.69) is 22.5 Å². The van der Waals surface area contributed by atoms with Gasteiger partial charge in [-0.1, -0.05) is 37.3 Å². The van der Waals surface area contributed by atoms with Gasteiger partial charge in [0.05, 0.1) is 5.69 Å². The van der Waals surface area contributed by atoms with Crippen molar-refractivity contribution in [1.82, 2.24) is 10.2 Å². The summed E-state index contributed by atoms with van der Waals surface area (Å²) in [5, 5.41) is 8.19. The van der Waals surface area contributed by atoms with E-state index in [0.717, 1.165) is 23.2 Å². The maximum Gasteiger partial charge on any atom is 0.162 e. The van der Waals surface area contributed by atoms with Gasteiger partial charge in [0.2, 0.25) is 0 Å². The molecule has 3 N–H and O–H groups in total. The summed E-state index contributed by atoms with van der Waals surface area (Å²) in [7, 11) is 0. The van der Waals surface area contributed by atoms with Crippen LogP contribution in [-0.4, -0.2) is 10.2 Å². The lowest BCUT2D eigenvalue weighted by Crippen LogP contribution is -2.10. The number of hydrogen-bond acceptors (Lipinski definition) is 4. The average Bonchev–Trinajstić information content (AvgIpc) is 2.39. The molecule has 2 rings (SSSR count). The van der Waals surface area contributed by atoms with Crippen LogP contribution in [0.2, 0.25) is 0 Å². The summed E-state index contributed by atoms with van der Waals surface area (Å²) < 4.78 is 0. The molecular weight excluding hydrogens is 200 g/mol. The molecule has 0 spiro atoms. The summed E-state index contributed by atoms with van der Waals surface area (Å²) in [6.07, 6.45) is 0.897. The molecule has 0 saturated heterocycles. The van der Waals surface area contributed by atoms with Crippen LogP contribution in [0.1, 0.15) is 12.5 Å². The Bertz CT molecular complexity index is 468. The summed E-state index contributed by atoms with van der Waals surface area (Å²) in [6.45, 7) is 2.09. The number of nitrogens with one attached hydrogen (secondary N) is 1. The Balaban J connectivity index is 2.49. The molecule has 0 aliphatic rings. The minimum Gasteiger partial charge on any atom is -0.307 e. The molecule has 0 aliphatic carbocycles. The van der Waals surface area contributed by atoms with Crippen LogP contribution in [-0.2, 0) is 6.42 Å². The van der Waals surface area contributed by atoms with E-state index in [1.807, 2.05) is 36.4 Å². The van der Waals surface area contributed by atoms with Crippen LogP contribution >= 0.6 is 0 Å². The second-order valence-corrected chi connectivity index (χ2v) is 3.47. The quantitative estimate of drug-likeness (QED) is 0.606. The van der Waals surface area contributed by atoms with Crippen LogP contribution in [0.4, 0.5) is 5.82 Å². The van der Waals surface area contributed by atoms with Gasteiger partial charge in [-0.2, -0.15) is 0 Å². The van der Waals surface area contributed by atoms with E-state index in [1.54, 1.807) is 0 Å². The van der Waals surface area contributed by atoms with Crippen molar-refractivity contribution in [2.75, 3.05) is 5.43 Å². The molecule has 16 heavy (non-hydrogen) atoms. The predicted molar refractivity (Wildman–Crippen MR) is 64.7 cm³/mol. The van der Waals surface area contributed by atoms with Crippen LogP contribution in [0.5, 0.6) is 0 Å². The minimum absolute atomic E-state index is 0.594. The summed E-state index contributed by atoms with van der Waals surface area (Å²) in [6, 6.07) is 11.9. The third-order valence-electron chi connectivity index (χ3n) is 2.45. The number of aryl methyl sites for hydroxylation is 1. The van der Waals surface area contributed by atoms with Gasteiger partial charge in [-0.15, -0.1) is 10.2 Å². The van der Waals surface area contributed by atoms with Crippen LogP contribution in [0.25, 0.3) is 11.3 Å². The highest BCUT2D eigenvalue weighted by Gasteiger charge is 2.06.